The van der Waals surface area contributed by atoms with E-state index < -0.39 is 5.92 Å². The lowest BCUT2D eigenvalue weighted by Crippen LogP contribution is -2.34. The molecule has 9 heteroatoms. The minimum Gasteiger partial charge on any atom is -0.495 e. The molecule has 1 aromatic carbocycles. The molecule has 1 atom stereocenters. The van der Waals surface area contributed by atoms with Crippen LogP contribution < -0.4 is 15.0 Å². The van der Waals surface area contributed by atoms with E-state index in [0.717, 1.165) is 0 Å². The zero-order chi connectivity index (χ0) is 18.5. The van der Waals surface area contributed by atoms with Gasteiger partial charge in [-0.2, -0.15) is 4.98 Å². The van der Waals surface area contributed by atoms with Crippen LogP contribution in [0.25, 0.3) is 0 Å². The molecule has 2 amide bonds. The SMILES string of the molecule is COc1ccccc1N1CC(C(=O)NCCc2noc(CO)n2)CC1=O. The summed E-state index contributed by atoms with van der Waals surface area (Å²) < 4.78 is 10.1. The van der Waals surface area contributed by atoms with Gasteiger partial charge in [0.2, 0.25) is 11.8 Å². The molecular formula is C17H20N4O5. The van der Waals surface area contributed by atoms with Gasteiger partial charge in [0.05, 0.1) is 18.7 Å². The number of carbonyl (C=O) groups is 2. The number of nitrogens with one attached hydrogen (secondary N) is 1. The van der Waals surface area contributed by atoms with Crippen molar-refractivity contribution in [3.63, 3.8) is 0 Å². The van der Waals surface area contributed by atoms with Crippen LogP contribution >= 0.6 is 0 Å². The van der Waals surface area contributed by atoms with E-state index in [0.29, 0.717) is 36.8 Å². The first-order valence-corrected chi connectivity index (χ1v) is 8.25. The molecule has 0 spiro atoms. The van der Waals surface area contributed by atoms with Crippen LogP contribution in [0.3, 0.4) is 0 Å². The number of rotatable bonds is 7. The second-order valence-corrected chi connectivity index (χ2v) is 5.88. The van der Waals surface area contributed by atoms with Crippen molar-refractivity contribution < 1.29 is 24.0 Å². The number of aliphatic hydroxyl groups excluding tert-OH is 1. The Morgan fingerprint density at radius 1 is 1.46 bits per heavy atom. The quantitative estimate of drug-likeness (QED) is 0.728. The number of benzene rings is 1. The lowest BCUT2D eigenvalue weighted by molar-refractivity contribution is -0.126. The van der Waals surface area contributed by atoms with E-state index in [-0.39, 0.29) is 30.7 Å². The number of carbonyl (C=O) groups excluding carboxylic acids is 2. The maximum atomic E-state index is 12.3. The summed E-state index contributed by atoms with van der Waals surface area (Å²) in [6, 6.07) is 7.23. The standard InChI is InChI=1S/C17H20N4O5/c1-25-13-5-3-2-4-12(13)21-9-11(8-16(21)23)17(24)18-7-6-14-19-15(10-22)26-20-14/h2-5,11,22H,6-10H2,1H3,(H,18,24). The highest BCUT2D eigenvalue weighted by Crippen LogP contribution is 2.32. The van der Waals surface area contributed by atoms with Crippen LogP contribution in [0.15, 0.2) is 28.8 Å². The van der Waals surface area contributed by atoms with Gasteiger partial charge in [-0.25, -0.2) is 0 Å². The third-order valence-electron chi connectivity index (χ3n) is 4.17. The third kappa shape index (κ3) is 3.83. The average Bonchev–Trinajstić information content (AvgIpc) is 3.28. The van der Waals surface area contributed by atoms with Crippen molar-refractivity contribution >= 4 is 17.5 Å². The lowest BCUT2D eigenvalue weighted by Gasteiger charge is -2.19. The number of para-hydroxylation sites is 2. The summed E-state index contributed by atoms with van der Waals surface area (Å²) in [6.45, 7) is 0.312. The molecular weight excluding hydrogens is 340 g/mol. The van der Waals surface area contributed by atoms with E-state index in [4.69, 9.17) is 14.4 Å². The number of methoxy groups -OCH3 is 1. The van der Waals surface area contributed by atoms with Crippen molar-refractivity contribution in [3.8, 4) is 5.75 Å². The molecule has 1 aliphatic rings. The maximum Gasteiger partial charge on any atom is 0.252 e. The number of hydrogen-bond donors (Lipinski definition) is 2. The van der Waals surface area contributed by atoms with Crippen molar-refractivity contribution in [2.45, 2.75) is 19.4 Å². The first-order chi connectivity index (χ1) is 12.6. The third-order valence-corrected chi connectivity index (χ3v) is 4.17. The van der Waals surface area contributed by atoms with E-state index >= 15 is 0 Å². The summed E-state index contributed by atoms with van der Waals surface area (Å²) in [5, 5.41) is 15.4. The molecule has 0 aliphatic carbocycles. The number of amides is 2. The smallest absolute Gasteiger partial charge is 0.252 e. The van der Waals surface area contributed by atoms with Gasteiger partial charge >= 0.3 is 0 Å². The van der Waals surface area contributed by atoms with E-state index in [1.54, 1.807) is 24.1 Å². The minimum atomic E-state index is -0.425. The van der Waals surface area contributed by atoms with Crippen LogP contribution in [-0.4, -0.2) is 47.3 Å². The number of anilines is 1. The second kappa shape index (κ2) is 7.96. The molecule has 0 saturated carbocycles. The van der Waals surface area contributed by atoms with Gasteiger partial charge < -0.3 is 24.6 Å². The zero-order valence-electron chi connectivity index (χ0n) is 14.3. The Bertz CT molecular complexity index is 791. The van der Waals surface area contributed by atoms with Gasteiger partial charge in [-0.05, 0) is 12.1 Å². The molecule has 9 nitrogen and oxygen atoms in total. The highest BCUT2D eigenvalue weighted by Gasteiger charge is 2.36. The minimum absolute atomic E-state index is 0.111. The molecule has 138 valence electrons. The molecule has 0 bridgehead atoms. The molecule has 2 aromatic rings. The van der Waals surface area contributed by atoms with Gasteiger partial charge in [-0.15, -0.1) is 0 Å². The Hall–Kier alpha value is -2.94. The molecule has 26 heavy (non-hydrogen) atoms. The fourth-order valence-electron chi connectivity index (χ4n) is 2.87. The van der Waals surface area contributed by atoms with Crippen molar-refractivity contribution in [2.24, 2.45) is 5.92 Å². The maximum absolute atomic E-state index is 12.3. The molecule has 1 aromatic heterocycles. The topological polar surface area (TPSA) is 118 Å². The highest BCUT2D eigenvalue weighted by molar-refractivity contribution is 6.01. The van der Waals surface area contributed by atoms with E-state index in [1.165, 1.54) is 0 Å². The molecule has 2 heterocycles. The number of aliphatic hydroxyl groups is 1. The first-order valence-electron chi connectivity index (χ1n) is 8.25. The van der Waals surface area contributed by atoms with Crippen LogP contribution in [0.4, 0.5) is 5.69 Å². The van der Waals surface area contributed by atoms with E-state index in [9.17, 15) is 9.59 Å². The van der Waals surface area contributed by atoms with Crippen molar-refractivity contribution in [1.29, 1.82) is 0 Å². The van der Waals surface area contributed by atoms with Crippen LogP contribution in [0.1, 0.15) is 18.1 Å². The first kappa shape index (κ1) is 17.9. The molecule has 1 aliphatic heterocycles. The Labute approximate surface area is 149 Å². The number of ether oxygens (including phenoxy) is 1. The van der Waals surface area contributed by atoms with Gasteiger partial charge in [0.25, 0.3) is 5.89 Å². The summed E-state index contributed by atoms with van der Waals surface area (Å²) in [4.78, 5) is 30.2. The van der Waals surface area contributed by atoms with Gasteiger partial charge in [0.1, 0.15) is 12.4 Å². The van der Waals surface area contributed by atoms with Crippen LogP contribution in [0.2, 0.25) is 0 Å². The van der Waals surface area contributed by atoms with Crippen LogP contribution in [0.5, 0.6) is 5.75 Å². The van der Waals surface area contributed by atoms with Crippen LogP contribution in [0, 0.1) is 5.92 Å². The predicted molar refractivity (Wildman–Crippen MR) is 90.4 cm³/mol. The highest BCUT2D eigenvalue weighted by atomic mass is 16.5. The largest absolute Gasteiger partial charge is 0.495 e. The monoisotopic (exact) mass is 360 g/mol. The normalized spacial score (nSPS) is 16.8. The van der Waals surface area contributed by atoms with Gasteiger partial charge in [0.15, 0.2) is 5.82 Å². The van der Waals surface area contributed by atoms with Crippen molar-refractivity contribution in [1.82, 2.24) is 15.5 Å². The molecule has 1 fully saturated rings. The molecule has 0 radical (unpaired) electrons. The average molecular weight is 360 g/mol. The van der Waals surface area contributed by atoms with E-state index in [1.807, 2.05) is 12.1 Å². The van der Waals surface area contributed by atoms with Crippen molar-refractivity contribution in [3.05, 3.63) is 36.0 Å². The van der Waals surface area contributed by atoms with Gasteiger partial charge in [0, 0.05) is 25.9 Å². The van der Waals surface area contributed by atoms with Crippen molar-refractivity contribution in [2.75, 3.05) is 25.1 Å². The lowest BCUT2D eigenvalue weighted by atomic mass is 10.1. The fraction of sp³-hybridized carbons (Fsp3) is 0.412. The molecule has 1 saturated heterocycles. The van der Waals surface area contributed by atoms with Gasteiger partial charge in [-0.1, -0.05) is 17.3 Å². The number of nitrogens with zero attached hydrogens (tertiary/aromatic N) is 3. The van der Waals surface area contributed by atoms with Gasteiger partial charge in [-0.3, -0.25) is 9.59 Å². The van der Waals surface area contributed by atoms with E-state index in [2.05, 4.69) is 15.5 Å². The summed E-state index contributed by atoms with van der Waals surface area (Å²) in [6.07, 6.45) is 0.535. The molecule has 3 rings (SSSR count). The summed E-state index contributed by atoms with van der Waals surface area (Å²) in [5.41, 5.74) is 0.665. The molecule has 1 unspecified atom stereocenters. The Morgan fingerprint density at radius 2 is 2.27 bits per heavy atom. The second-order valence-electron chi connectivity index (χ2n) is 5.88. The summed E-state index contributed by atoms with van der Waals surface area (Å²) in [7, 11) is 1.55. The number of aromatic nitrogens is 2. The predicted octanol–water partition coefficient (Wildman–Crippen LogP) is 0.282. The Balaban J connectivity index is 1.55. The summed E-state index contributed by atoms with van der Waals surface area (Å²) >= 11 is 0. The number of hydrogen-bond acceptors (Lipinski definition) is 7. The van der Waals surface area contributed by atoms with Crippen LogP contribution in [-0.2, 0) is 22.6 Å². The zero-order valence-corrected chi connectivity index (χ0v) is 14.3. The fourth-order valence-corrected chi connectivity index (χ4v) is 2.87. The Morgan fingerprint density at radius 3 is 3.00 bits per heavy atom. The molecule has 2 N–H and O–H groups in total. The Kier molecular flexibility index (Phi) is 5.47. The summed E-state index contributed by atoms with van der Waals surface area (Å²) in [5.74, 6) is 0.416.